The predicted molar refractivity (Wildman–Crippen MR) is 82.4 cm³/mol. The Balaban J connectivity index is 2.11. The molecule has 20 heavy (non-hydrogen) atoms. The number of hydrogen-bond acceptors (Lipinski definition) is 2. The molecule has 1 aromatic heterocycles. The molecule has 1 heterocycles. The van der Waals surface area contributed by atoms with Crippen LogP contribution in [-0.4, -0.2) is 9.97 Å². The van der Waals surface area contributed by atoms with Gasteiger partial charge < -0.3 is 9.97 Å². The van der Waals surface area contributed by atoms with Gasteiger partial charge in [-0.2, -0.15) is 0 Å². The molecule has 2 N–H and O–H groups in total. The molecule has 0 saturated carbocycles. The summed E-state index contributed by atoms with van der Waals surface area (Å²) >= 11 is 3.65. The van der Waals surface area contributed by atoms with Gasteiger partial charge >= 0.3 is 11.1 Å². The average molecular weight is 331 g/mol. The summed E-state index contributed by atoms with van der Waals surface area (Å²) in [7, 11) is 0. The molecule has 0 spiro atoms. The Bertz CT molecular complexity index is 868. The topological polar surface area (TPSA) is 65.7 Å². The lowest BCUT2D eigenvalue weighted by Crippen LogP contribution is -2.28. The van der Waals surface area contributed by atoms with Crippen molar-refractivity contribution in [1.29, 1.82) is 0 Å². The van der Waals surface area contributed by atoms with Crippen LogP contribution in [-0.2, 0) is 0 Å². The molecule has 3 rings (SSSR count). The van der Waals surface area contributed by atoms with Crippen molar-refractivity contribution in [1.82, 2.24) is 9.97 Å². The van der Waals surface area contributed by atoms with Crippen LogP contribution in [0.5, 0.6) is 0 Å². The van der Waals surface area contributed by atoms with Gasteiger partial charge in [-0.25, -0.2) is 0 Å². The van der Waals surface area contributed by atoms with Crippen LogP contribution >= 0.6 is 15.9 Å². The van der Waals surface area contributed by atoms with Gasteiger partial charge in [0, 0.05) is 0 Å². The lowest BCUT2D eigenvalue weighted by Gasteiger charge is -2.11. The van der Waals surface area contributed by atoms with E-state index in [1.807, 2.05) is 42.5 Å². The SMILES string of the molecule is O=c1[nH]c2ccc(C(Br)c3ccccc3)cc2[nH]c1=O. The smallest absolute Gasteiger partial charge is 0.314 e. The van der Waals surface area contributed by atoms with Crippen molar-refractivity contribution in [3.63, 3.8) is 0 Å². The van der Waals surface area contributed by atoms with Crippen molar-refractivity contribution in [3.05, 3.63) is 80.4 Å². The van der Waals surface area contributed by atoms with E-state index in [1.54, 1.807) is 6.07 Å². The molecule has 100 valence electrons. The molecule has 0 aliphatic rings. The minimum Gasteiger partial charge on any atom is -0.316 e. The molecule has 1 unspecified atom stereocenters. The first-order chi connectivity index (χ1) is 9.65. The van der Waals surface area contributed by atoms with Crippen molar-refractivity contribution < 1.29 is 0 Å². The van der Waals surface area contributed by atoms with Crippen LogP contribution in [0.3, 0.4) is 0 Å². The van der Waals surface area contributed by atoms with Crippen molar-refractivity contribution in [2.45, 2.75) is 4.83 Å². The largest absolute Gasteiger partial charge is 0.316 e. The van der Waals surface area contributed by atoms with Crippen LogP contribution in [0.2, 0.25) is 0 Å². The fourth-order valence-corrected chi connectivity index (χ4v) is 2.69. The van der Waals surface area contributed by atoms with Crippen molar-refractivity contribution in [2.75, 3.05) is 0 Å². The summed E-state index contributed by atoms with van der Waals surface area (Å²) in [5.41, 5.74) is 2.09. The number of benzene rings is 2. The molecule has 5 heteroatoms. The maximum absolute atomic E-state index is 11.4. The summed E-state index contributed by atoms with van der Waals surface area (Å²) in [6.07, 6.45) is 0. The molecule has 1 atom stereocenters. The summed E-state index contributed by atoms with van der Waals surface area (Å²) < 4.78 is 0. The molecule has 0 fully saturated rings. The third kappa shape index (κ3) is 2.32. The van der Waals surface area contributed by atoms with Gasteiger partial charge in [0.05, 0.1) is 15.9 Å². The number of halogens is 1. The number of aromatic amines is 2. The van der Waals surface area contributed by atoms with E-state index in [0.717, 1.165) is 11.1 Å². The van der Waals surface area contributed by atoms with E-state index in [0.29, 0.717) is 11.0 Å². The first kappa shape index (κ1) is 12.9. The fraction of sp³-hybridized carbons (Fsp3) is 0.0667. The fourth-order valence-electron chi connectivity index (χ4n) is 2.10. The van der Waals surface area contributed by atoms with Gasteiger partial charge in [0.15, 0.2) is 0 Å². The zero-order chi connectivity index (χ0) is 14.1. The van der Waals surface area contributed by atoms with Gasteiger partial charge in [0.25, 0.3) is 0 Å². The van der Waals surface area contributed by atoms with Gasteiger partial charge in [-0.15, -0.1) is 0 Å². The number of alkyl halides is 1. The molecule has 0 radical (unpaired) electrons. The molecular weight excluding hydrogens is 320 g/mol. The van der Waals surface area contributed by atoms with Crippen LogP contribution in [0, 0.1) is 0 Å². The third-order valence-electron chi connectivity index (χ3n) is 3.13. The summed E-state index contributed by atoms with van der Waals surface area (Å²) in [6.45, 7) is 0. The molecule has 0 saturated heterocycles. The third-order valence-corrected chi connectivity index (χ3v) is 4.19. The monoisotopic (exact) mass is 330 g/mol. The highest BCUT2D eigenvalue weighted by Crippen LogP contribution is 2.31. The predicted octanol–water partition coefficient (Wildman–Crippen LogP) is 2.70. The lowest BCUT2D eigenvalue weighted by molar-refractivity contribution is 1.13. The first-order valence-electron chi connectivity index (χ1n) is 6.10. The normalized spacial score (nSPS) is 12.4. The maximum atomic E-state index is 11.4. The zero-order valence-corrected chi connectivity index (χ0v) is 12.0. The number of aromatic nitrogens is 2. The molecule has 3 aromatic rings. The molecule has 0 bridgehead atoms. The summed E-state index contributed by atoms with van der Waals surface area (Å²) in [6, 6.07) is 15.5. The highest BCUT2D eigenvalue weighted by molar-refractivity contribution is 9.09. The lowest BCUT2D eigenvalue weighted by atomic mass is 10.0. The van der Waals surface area contributed by atoms with E-state index < -0.39 is 11.1 Å². The molecule has 0 aliphatic heterocycles. The Morgan fingerprint density at radius 1 is 0.800 bits per heavy atom. The van der Waals surface area contributed by atoms with E-state index >= 15 is 0 Å². The zero-order valence-electron chi connectivity index (χ0n) is 10.4. The maximum Gasteiger partial charge on any atom is 0.314 e. The van der Waals surface area contributed by atoms with Gasteiger partial charge in [0.2, 0.25) is 0 Å². The van der Waals surface area contributed by atoms with Crippen LogP contribution < -0.4 is 11.1 Å². The van der Waals surface area contributed by atoms with Crippen molar-refractivity contribution >= 4 is 27.0 Å². The Labute approximate surface area is 122 Å². The minimum atomic E-state index is -0.638. The van der Waals surface area contributed by atoms with Crippen molar-refractivity contribution in [3.8, 4) is 0 Å². The van der Waals surface area contributed by atoms with Gasteiger partial charge in [-0.3, -0.25) is 9.59 Å². The second kappa shape index (κ2) is 5.09. The number of rotatable bonds is 2. The summed E-state index contributed by atoms with van der Waals surface area (Å²) in [5, 5.41) is 0. The van der Waals surface area contributed by atoms with E-state index in [2.05, 4.69) is 25.9 Å². The van der Waals surface area contributed by atoms with Crippen LogP contribution in [0.1, 0.15) is 16.0 Å². The van der Waals surface area contributed by atoms with Crippen molar-refractivity contribution in [2.24, 2.45) is 0 Å². The number of H-pyrrole nitrogens is 2. The first-order valence-corrected chi connectivity index (χ1v) is 7.02. The van der Waals surface area contributed by atoms with E-state index in [9.17, 15) is 9.59 Å². The van der Waals surface area contributed by atoms with Crippen LogP contribution in [0.25, 0.3) is 11.0 Å². The van der Waals surface area contributed by atoms with E-state index in [1.165, 1.54) is 0 Å². The number of fused-ring (bicyclic) bond motifs is 1. The number of nitrogens with one attached hydrogen (secondary N) is 2. The van der Waals surface area contributed by atoms with E-state index in [-0.39, 0.29) is 4.83 Å². The Kier molecular flexibility index (Phi) is 3.28. The second-order valence-corrected chi connectivity index (χ2v) is 5.40. The van der Waals surface area contributed by atoms with Gasteiger partial charge in [-0.1, -0.05) is 52.3 Å². The summed E-state index contributed by atoms with van der Waals surface area (Å²) in [5.74, 6) is 0. The standard InChI is InChI=1S/C15H11BrN2O2/c16-13(9-4-2-1-3-5-9)10-6-7-11-12(8-10)18-15(20)14(19)17-11/h1-8,13H,(H,17,19)(H,18,20). The number of hydrogen-bond donors (Lipinski definition) is 2. The Morgan fingerprint density at radius 2 is 1.45 bits per heavy atom. The van der Waals surface area contributed by atoms with Gasteiger partial charge in [-0.05, 0) is 23.3 Å². The van der Waals surface area contributed by atoms with Gasteiger partial charge in [0.1, 0.15) is 0 Å². The van der Waals surface area contributed by atoms with E-state index in [4.69, 9.17) is 0 Å². The minimum absolute atomic E-state index is 0.0310. The molecule has 0 amide bonds. The van der Waals surface area contributed by atoms with Crippen LogP contribution in [0.4, 0.5) is 0 Å². The molecule has 0 aliphatic carbocycles. The Morgan fingerprint density at radius 3 is 2.15 bits per heavy atom. The molecular formula is C15H11BrN2O2. The highest BCUT2D eigenvalue weighted by Gasteiger charge is 2.11. The summed E-state index contributed by atoms with van der Waals surface area (Å²) in [4.78, 5) is 27.8. The molecule has 2 aromatic carbocycles. The molecule has 4 nitrogen and oxygen atoms in total. The van der Waals surface area contributed by atoms with Crippen LogP contribution in [0.15, 0.2) is 58.1 Å². The Hall–Kier alpha value is -2.14. The quantitative estimate of drug-likeness (QED) is 0.560. The highest BCUT2D eigenvalue weighted by atomic mass is 79.9. The second-order valence-electron chi connectivity index (χ2n) is 4.49. The average Bonchev–Trinajstić information content (AvgIpc) is 2.48.